The normalized spacial score (nSPS) is 22.5. The first-order valence-electron chi connectivity index (χ1n) is 12.6. The quantitative estimate of drug-likeness (QED) is 0.704. The Morgan fingerprint density at radius 2 is 1.84 bits per heavy atom. The van der Waals surface area contributed by atoms with Gasteiger partial charge in [0.2, 0.25) is 11.9 Å². The van der Waals surface area contributed by atoms with Gasteiger partial charge in [-0.15, -0.1) is 0 Å². The van der Waals surface area contributed by atoms with E-state index >= 15 is 0 Å². The molecule has 1 amide bonds. The van der Waals surface area contributed by atoms with Gasteiger partial charge in [0.15, 0.2) is 0 Å². The lowest BCUT2D eigenvalue weighted by atomic mass is 9.86. The molecular formula is C25H36N6O. The zero-order valence-corrected chi connectivity index (χ0v) is 19.4. The van der Waals surface area contributed by atoms with Gasteiger partial charge in [-0.3, -0.25) is 9.48 Å². The van der Waals surface area contributed by atoms with Gasteiger partial charge >= 0.3 is 0 Å². The number of piperidine rings is 1. The van der Waals surface area contributed by atoms with Gasteiger partial charge in [0.1, 0.15) is 0 Å². The van der Waals surface area contributed by atoms with E-state index in [1.165, 1.54) is 44.9 Å². The monoisotopic (exact) mass is 436 g/mol. The second-order valence-corrected chi connectivity index (χ2v) is 9.92. The van der Waals surface area contributed by atoms with Crippen LogP contribution in [0.5, 0.6) is 0 Å². The number of amides is 1. The smallest absolute Gasteiger partial charge is 0.225 e. The van der Waals surface area contributed by atoms with Crippen LogP contribution in [0.3, 0.4) is 0 Å². The molecule has 1 unspecified atom stereocenters. The van der Waals surface area contributed by atoms with E-state index in [1.807, 2.05) is 24.0 Å². The molecule has 2 aliphatic heterocycles. The molecule has 0 N–H and O–H groups in total. The van der Waals surface area contributed by atoms with Crippen molar-refractivity contribution in [2.45, 2.75) is 70.1 Å². The third-order valence-electron chi connectivity index (χ3n) is 7.51. The first kappa shape index (κ1) is 21.4. The minimum atomic E-state index is 0.264. The topological polar surface area (TPSA) is 67.2 Å². The average molecular weight is 437 g/mol. The largest absolute Gasteiger partial charge is 0.342 e. The second-order valence-electron chi connectivity index (χ2n) is 9.92. The van der Waals surface area contributed by atoms with E-state index in [4.69, 9.17) is 10.1 Å². The SMILES string of the molecule is Cn1cc(-c2ccnc(N3CCCC3)n2)c(C2CCCN(C(=O)CC3CCCCC3)C2)n1. The number of rotatable bonds is 5. The molecule has 0 spiro atoms. The number of carbonyl (C=O) groups is 1. The lowest BCUT2D eigenvalue weighted by molar-refractivity contribution is -0.133. The fraction of sp³-hybridized carbons (Fsp3) is 0.680. The van der Waals surface area contributed by atoms with Crippen LogP contribution in [0.15, 0.2) is 18.5 Å². The molecule has 2 aromatic heterocycles. The summed E-state index contributed by atoms with van der Waals surface area (Å²) in [6.07, 6.45) is 15.6. The first-order chi connectivity index (χ1) is 15.7. The van der Waals surface area contributed by atoms with Crippen LogP contribution in [0.1, 0.15) is 75.8 Å². The molecule has 2 saturated heterocycles. The van der Waals surface area contributed by atoms with E-state index in [1.54, 1.807) is 0 Å². The molecule has 172 valence electrons. The standard InChI is InChI=1S/C25H36N6O/c1-29-18-21(22-11-12-26-25(27-22)30-13-5-6-14-30)24(28-29)20-10-7-15-31(17-20)23(32)16-19-8-3-2-4-9-19/h11-12,18-20H,2-10,13-17H2,1H3. The molecule has 1 atom stereocenters. The molecule has 1 aliphatic carbocycles. The number of likely N-dealkylation sites (tertiary alicyclic amines) is 1. The van der Waals surface area contributed by atoms with Gasteiger partial charge in [-0.2, -0.15) is 5.10 Å². The molecule has 3 fully saturated rings. The average Bonchev–Trinajstić information content (AvgIpc) is 3.50. The summed E-state index contributed by atoms with van der Waals surface area (Å²) in [6.45, 7) is 3.73. The van der Waals surface area contributed by atoms with Gasteiger partial charge in [0.25, 0.3) is 0 Å². The number of nitrogens with zero attached hydrogens (tertiary/aromatic N) is 6. The Morgan fingerprint density at radius 3 is 2.66 bits per heavy atom. The first-order valence-corrected chi connectivity index (χ1v) is 12.6. The van der Waals surface area contributed by atoms with Crippen molar-refractivity contribution in [3.63, 3.8) is 0 Å². The van der Waals surface area contributed by atoms with Crippen LogP contribution in [-0.4, -0.2) is 56.7 Å². The molecule has 7 heteroatoms. The lowest BCUT2D eigenvalue weighted by Crippen LogP contribution is -2.40. The molecule has 2 aromatic rings. The zero-order valence-electron chi connectivity index (χ0n) is 19.4. The van der Waals surface area contributed by atoms with Gasteiger partial charge in [-0.25, -0.2) is 9.97 Å². The second kappa shape index (κ2) is 9.59. The minimum absolute atomic E-state index is 0.264. The maximum absolute atomic E-state index is 13.1. The third-order valence-corrected chi connectivity index (χ3v) is 7.51. The summed E-state index contributed by atoms with van der Waals surface area (Å²) in [4.78, 5) is 26.9. The number of carbonyl (C=O) groups excluding carboxylic acids is 1. The molecule has 3 aliphatic rings. The van der Waals surface area contributed by atoms with Crippen LogP contribution < -0.4 is 4.90 Å². The summed E-state index contributed by atoms with van der Waals surface area (Å²) in [5, 5.41) is 4.85. The highest BCUT2D eigenvalue weighted by Crippen LogP contribution is 2.34. The minimum Gasteiger partial charge on any atom is -0.342 e. The van der Waals surface area contributed by atoms with Crippen LogP contribution in [0.2, 0.25) is 0 Å². The number of aryl methyl sites for hydroxylation is 1. The predicted molar refractivity (Wildman–Crippen MR) is 125 cm³/mol. The van der Waals surface area contributed by atoms with Crippen molar-refractivity contribution >= 4 is 11.9 Å². The van der Waals surface area contributed by atoms with Gasteiger partial charge in [0, 0.05) is 63.5 Å². The number of anilines is 1. The molecule has 0 aromatic carbocycles. The van der Waals surface area contributed by atoms with Crippen molar-refractivity contribution in [3.8, 4) is 11.3 Å². The van der Waals surface area contributed by atoms with Crippen LogP contribution in [0.25, 0.3) is 11.3 Å². The van der Waals surface area contributed by atoms with E-state index in [-0.39, 0.29) is 5.92 Å². The van der Waals surface area contributed by atoms with Gasteiger partial charge in [-0.05, 0) is 50.5 Å². The van der Waals surface area contributed by atoms with Crippen molar-refractivity contribution in [2.24, 2.45) is 13.0 Å². The predicted octanol–water partition coefficient (Wildman–Crippen LogP) is 4.15. The molecule has 0 radical (unpaired) electrons. The van der Waals surface area contributed by atoms with Crippen LogP contribution in [0.4, 0.5) is 5.95 Å². The lowest BCUT2D eigenvalue weighted by Gasteiger charge is -2.34. The molecule has 5 rings (SSSR count). The third kappa shape index (κ3) is 4.66. The Labute approximate surface area is 191 Å². The van der Waals surface area contributed by atoms with Crippen molar-refractivity contribution < 1.29 is 4.79 Å². The van der Waals surface area contributed by atoms with Crippen LogP contribution in [-0.2, 0) is 11.8 Å². The van der Waals surface area contributed by atoms with E-state index in [0.717, 1.165) is 68.3 Å². The number of hydrogen-bond acceptors (Lipinski definition) is 5. The maximum atomic E-state index is 13.1. The molecule has 1 saturated carbocycles. The highest BCUT2D eigenvalue weighted by Gasteiger charge is 2.30. The van der Waals surface area contributed by atoms with Crippen molar-refractivity contribution in [1.82, 2.24) is 24.6 Å². The fourth-order valence-corrected chi connectivity index (χ4v) is 5.77. The Morgan fingerprint density at radius 1 is 1.03 bits per heavy atom. The Hall–Kier alpha value is -2.44. The molecule has 32 heavy (non-hydrogen) atoms. The number of aromatic nitrogens is 4. The van der Waals surface area contributed by atoms with E-state index < -0.39 is 0 Å². The summed E-state index contributed by atoms with van der Waals surface area (Å²) >= 11 is 0. The Balaban J connectivity index is 1.33. The van der Waals surface area contributed by atoms with Crippen LogP contribution in [0, 0.1) is 5.92 Å². The summed E-state index contributed by atoms with van der Waals surface area (Å²) in [5.74, 6) is 2.02. The van der Waals surface area contributed by atoms with Gasteiger partial charge in [-0.1, -0.05) is 19.3 Å². The summed E-state index contributed by atoms with van der Waals surface area (Å²) in [5.41, 5.74) is 3.10. The summed E-state index contributed by atoms with van der Waals surface area (Å²) in [6, 6.07) is 1.99. The number of hydrogen-bond donors (Lipinski definition) is 0. The van der Waals surface area contributed by atoms with E-state index in [0.29, 0.717) is 11.8 Å². The van der Waals surface area contributed by atoms with E-state index in [2.05, 4.69) is 21.0 Å². The summed E-state index contributed by atoms with van der Waals surface area (Å²) < 4.78 is 1.89. The maximum Gasteiger partial charge on any atom is 0.225 e. The Bertz CT molecular complexity index is 928. The Kier molecular flexibility index (Phi) is 6.42. The molecular weight excluding hydrogens is 400 g/mol. The fourth-order valence-electron chi connectivity index (χ4n) is 5.77. The van der Waals surface area contributed by atoms with Gasteiger partial charge < -0.3 is 9.80 Å². The highest BCUT2D eigenvalue weighted by atomic mass is 16.2. The zero-order chi connectivity index (χ0) is 21.9. The molecule has 7 nitrogen and oxygen atoms in total. The van der Waals surface area contributed by atoms with E-state index in [9.17, 15) is 4.79 Å². The molecule has 0 bridgehead atoms. The molecule has 4 heterocycles. The van der Waals surface area contributed by atoms with Crippen molar-refractivity contribution in [1.29, 1.82) is 0 Å². The highest BCUT2D eigenvalue weighted by molar-refractivity contribution is 5.76. The van der Waals surface area contributed by atoms with Gasteiger partial charge in [0.05, 0.1) is 11.4 Å². The summed E-state index contributed by atoms with van der Waals surface area (Å²) in [7, 11) is 1.98. The van der Waals surface area contributed by atoms with Crippen molar-refractivity contribution in [2.75, 3.05) is 31.1 Å². The van der Waals surface area contributed by atoms with Crippen LogP contribution >= 0.6 is 0 Å². The van der Waals surface area contributed by atoms with Crippen molar-refractivity contribution in [3.05, 3.63) is 24.2 Å².